The van der Waals surface area contributed by atoms with Gasteiger partial charge in [0.1, 0.15) is 5.75 Å². The van der Waals surface area contributed by atoms with Crippen molar-refractivity contribution in [1.29, 1.82) is 0 Å². The summed E-state index contributed by atoms with van der Waals surface area (Å²) < 4.78 is 14.7. The first-order chi connectivity index (χ1) is 12.4. The first-order valence-corrected chi connectivity index (χ1v) is 7.62. The molecule has 0 aliphatic heterocycles. The molecule has 0 aliphatic carbocycles. The van der Waals surface area contributed by atoms with Gasteiger partial charge in [0.15, 0.2) is 0 Å². The largest absolute Gasteiger partial charge is 0.497 e. The highest BCUT2D eigenvalue weighted by Crippen LogP contribution is 2.19. The molecule has 2 aromatic carbocycles. The molecule has 0 aliphatic rings. The lowest BCUT2D eigenvalue weighted by molar-refractivity contribution is -0.384. The molecule has 26 heavy (non-hydrogen) atoms. The van der Waals surface area contributed by atoms with Gasteiger partial charge in [0, 0.05) is 18.6 Å². The van der Waals surface area contributed by atoms with E-state index in [0.717, 1.165) is 30.6 Å². The van der Waals surface area contributed by atoms with E-state index in [1.165, 1.54) is 6.07 Å². The fraction of sp³-hybridized carbons (Fsp3) is 0.222. The second-order valence-electron chi connectivity index (χ2n) is 5.25. The predicted octanol–water partition coefficient (Wildman–Crippen LogP) is 2.79. The van der Waals surface area contributed by atoms with Crippen LogP contribution in [0.4, 0.5) is 5.69 Å². The number of hydrogen-bond acceptors (Lipinski definition) is 7. The number of methoxy groups -OCH3 is 2. The van der Waals surface area contributed by atoms with Gasteiger partial charge in [-0.3, -0.25) is 10.1 Å². The highest BCUT2D eigenvalue weighted by molar-refractivity contribution is 5.96. The standard InChI is InChI=1S/C18H17NO7/c1-24-16-5-3-12(4-6-16)7-8-26-18(21)14-9-13(17(20)25-2)10-15(11-14)19(22)23/h3-6,9-11H,7-8H2,1-2H3. The first kappa shape index (κ1) is 18.9. The van der Waals surface area contributed by atoms with E-state index < -0.39 is 22.5 Å². The van der Waals surface area contributed by atoms with Gasteiger partial charge in [-0.05, 0) is 23.8 Å². The molecule has 0 saturated carbocycles. The van der Waals surface area contributed by atoms with E-state index in [2.05, 4.69) is 4.74 Å². The average Bonchev–Trinajstić information content (AvgIpc) is 2.67. The summed E-state index contributed by atoms with van der Waals surface area (Å²) in [5, 5.41) is 11.0. The van der Waals surface area contributed by atoms with Crippen LogP contribution >= 0.6 is 0 Å². The summed E-state index contributed by atoms with van der Waals surface area (Å²) in [5.41, 5.74) is 0.362. The molecule has 0 N–H and O–H groups in total. The smallest absolute Gasteiger partial charge is 0.338 e. The van der Waals surface area contributed by atoms with Crippen LogP contribution in [0.25, 0.3) is 0 Å². The van der Waals surface area contributed by atoms with Crippen LogP contribution in [0, 0.1) is 10.1 Å². The normalized spacial score (nSPS) is 10.1. The molecule has 0 spiro atoms. The van der Waals surface area contributed by atoms with Crippen molar-refractivity contribution in [2.75, 3.05) is 20.8 Å². The van der Waals surface area contributed by atoms with Crippen molar-refractivity contribution in [2.45, 2.75) is 6.42 Å². The van der Waals surface area contributed by atoms with Gasteiger partial charge >= 0.3 is 11.9 Å². The molecule has 2 aromatic rings. The van der Waals surface area contributed by atoms with Crippen LogP contribution in [0.1, 0.15) is 26.3 Å². The van der Waals surface area contributed by atoms with E-state index in [1.807, 2.05) is 12.1 Å². The quantitative estimate of drug-likeness (QED) is 0.425. The third-order valence-corrected chi connectivity index (χ3v) is 3.57. The van der Waals surface area contributed by atoms with Crippen LogP contribution in [0.15, 0.2) is 42.5 Å². The van der Waals surface area contributed by atoms with E-state index in [4.69, 9.17) is 9.47 Å². The summed E-state index contributed by atoms with van der Waals surface area (Å²) in [4.78, 5) is 34.1. The Labute approximate surface area is 149 Å². The van der Waals surface area contributed by atoms with Crippen molar-refractivity contribution in [2.24, 2.45) is 0 Å². The summed E-state index contributed by atoms with van der Waals surface area (Å²) in [6.07, 6.45) is 0.467. The van der Waals surface area contributed by atoms with Gasteiger partial charge in [-0.15, -0.1) is 0 Å². The third-order valence-electron chi connectivity index (χ3n) is 3.57. The second-order valence-corrected chi connectivity index (χ2v) is 5.25. The van der Waals surface area contributed by atoms with Crippen LogP contribution in [0.5, 0.6) is 5.75 Å². The molecule has 2 rings (SSSR count). The lowest BCUT2D eigenvalue weighted by Gasteiger charge is -2.07. The van der Waals surface area contributed by atoms with Gasteiger partial charge in [0.05, 0.1) is 36.9 Å². The maximum atomic E-state index is 12.2. The Hall–Kier alpha value is -3.42. The predicted molar refractivity (Wildman–Crippen MR) is 91.4 cm³/mol. The molecule has 136 valence electrons. The molecule has 8 nitrogen and oxygen atoms in total. The lowest BCUT2D eigenvalue weighted by atomic mass is 10.1. The topological polar surface area (TPSA) is 105 Å². The highest BCUT2D eigenvalue weighted by Gasteiger charge is 2.19. The minimum atomic E-state index is -0.777. The van der Waals surface area contributed by atoms with Gasteiger partial charge in [0.25, 0.3) is 5.69 Å². The number of ether oxygens (including phenoxy) is 3. The van der Waals surface area contributed by atoms with Crippen molar-refractivity contribution < 1.29 is 28.7 Å². The number of hydrogen-bond donors (Lipinski definition) is 0. The Morgan fingerprint density at radius 3 is 2.15 bits per heavy atom. The molecule has 0 radical (unpaired) electrons. The molecule has 0 heterocycles. The van der Waals surface area contributed by atoms with Gasteiger partial charge in [-0.25, -0.2) is 9.59 Å². The number of nitro benzene ring substituents is 1. The van der Waals surface area contributed by atoms with Crippen LogP contribution < -0.4 is 4.74 Å². The molecular formula is C18H17NO7. The van der Waals surface area contributed by atoms with Crippen LogP contribution in [-0.4, -0.2) is 37.7 Å². The van der Waals surface area contributed by atoms with Gasteiger partial charge in [-0.1, -0.05) is 12.1 Å². The monoisotopic (exact) mass is 359 g/mol. The van der Waals surface area contributed by atoms with E-state index in [1.54, 1.807) is 19.2 Å². The Morgan fingerprint density at radius 2 is 1.62 bits per heavy atom. The molecule has 0 aromatic heterocycles. The van der Waals surface area contributed by atoms with Gasteiger partial charge in [0.2, 0.25) is 0 Å². The van der Waals surface area contributed by atoms with Gasteiger partial charge in [-0.2, -0.15) is 0 Å². The third kappa shape index (κ3) is 4.79. The molecule has 0 unspecified atom stereocenters. The van der Waals surface area contributed by atoms with Crippen molar-refractivity contribution in [3.63, 3.8) is 0 Å². The number of nitro groups is 1. The van der Waals surface area contributed by atoms with E-state index >= 15 is 0 Å². The maximum Gasteiger partial charge on any atom is 0.338 e. The number of nitrogens with zero attached hydrogens (tertiary/aromatic N) is 1. The molecule has 8 heteroatoms. The number of carbonyl (C=O) groups excluding carboxylic acids is 2. The minimum Gasteiger partial charge on any atom is -0.497 e. The number of non-ortho nitro benzene ring substituents is 1. The second kappa shape index (κ2) is 8.61. The Kier molecular flexibility index (Phi) is 6.26. The van der Waals surface area contributed by atoms with Crippen LogP contribution in [-0.2, 0) is 15.9 Å². The zero-order valence-corrected chi connectivity index (χ0v) is 14.3. The van der Waals surface area contributed by atoms with E-state index in [-0.39, 0.29) is 17.7 Å². The van der Waals surface area contributed by atoms with Crippen molar-refractivity contribution in [3.05, 3.63) is 69.3 Å². The summed E-state index contributed by atoms with van der Waals surface area (Å²) in [6.45, 7) is 0.0847. The zero-order valence-electron chi connectivity index (χ0n) is 14.3. The zero-order chi connectivity index (χ0) is 19.1. The summed E-state index contributed by atoms with van der Waals surface area (Å²) in [5.74, 6) is -0.814. The van der Waals surface area contributed by atoms with Crippen LogP contribution in [0.2, 0.25) is 0 Å². The van der Waals surface area contributed by atoms with Crippen LogP contribution in [0.3, 0.4) is 0 Å². The Bertz CT molecular complexity index is 815. The van der Waals surface area contributed by atoms with Crippen molar-refractivity contribution >= 4 is 17.6 Å². The van der Waals surface area contributed by atoms with Gasteiger partial charge < -0.3 is 14.2 Å². The Morgan fingerprint density at radius 1 is 1.00 bits per heavy atom. The first-order valence-electron chi connectivity index (χ1n) is 7.62. The van der Waals surface area contributed by atoms with E-state index in [9.17, 15) is 19.7 Å². The highest BCUT2D eigenvalue weighted by atomic mass is 16.6. The van der Waals surface area contributed by atoms with Crippen molar-refractivity contribution in [3.8, 4) is 5.75 Å². The van der Waals surface area contributed by atoms with Crippen molar-refractivity contribution in [1.82, 2.24) is 0 Å². The SMILES string of the molecule is COC(=O)c1cc(C(=O)OCCc2ccc(OC)cc2)cc([N+](=O)[O-])c1. The number of rotatable bonds is 7. The molecule has 0 fully saturated rings. The fourth-order valence-electron chi connectivity index (χ4n) is 2.21. The fourth-order valence-corrected chi connectivity index (χ4v) is 2.21. The maximum absolute atomic E-state index is 12.2. The molecular weight excluding hydrogens is 342 g/mol. The molecule has 0 bridgehead atoms. The molecule has 0 atom stereocenters. The number of esters is 2. The summed E-state index contributed by atoms with van der Waals surface area (Å²) in [7, 11) is 2.71. The van der Waals surface area contributed by atoms with E-state index in [0.29, 0.717) is 6.42 Å². The Balaban J connectivity index is 2.06. The number of benzene rings is 2. The summed E-state index contributed by atoms with van der Waals surface area (Å²) in [6, 6.07) is 10.6. The summed E-state index contributed by atoms with van der Waals surface area (Å²) >= 11 is 0. The molecule has 0 saturated heterocycles. The number of carbonyl (C=O) groups is 2. The average molecular weight is 359 g/mol. The lowest BCUT2D eigenvalue weighted by Crippen LogP contribution is -2.11. The minimum absolute atomic E-state index is 0.0847. The molecule has 0 amide bonds.